The number of aromatic amines is 1. The average Bonchev–Trinajstić information content (AvgIpc) is 2.95. The van der Waals surface area contributed by atoms with E-state index in [1.165, 1.54) is 12.8 Å². The van der Waals surface area contributed by atoms with Crippen LogP contribution in [0.25, 0.3) is 11.0 Å². The van der Waals surface area contributed by atoms with Crippen LogP contribution in [0, 0.1) is 0 Å². The predicted octanol–water partition coefficient (Wildman–Crippen LogP) is 1.84. The summed E-state index contributed by atoms with van der Waals surface area (Å²) in [7, 11) is 0. The van der Waals surface area contributed by atoms with Crippen LogP contribution in [0.5, 0.6) is 0 Å². The van der Waals surface area contributed by atoms with Gasteiger partial charge in [-0.25, -0.2) is 9.78 Å². The summed E-state index contributed by atoms with van der Waals surface area (Å²) in [5.74, 6) is -0.963. The zero-order chi connectivity index (χ0) is 11.1. The lowest BCUT2D eigenvalue weighted by Gasteiger charge is -2.04. The fourth-order valence-electron chi connectivity index (χ4n) is 1.72. The summed E-state index contributed by atoms with van der Waals surface area (Å²) in [4.78, 5) is 17.7. The first kappa shape index (κ1) is 9.21. The van der Waals surface area contributed by atoms with Crippen molar-refractivity contribution in [3.63, 3.8) is 0 Å². The summed E-state index contributed by atoms with van der Waals surface area (Å²) in [5, 5.41) is 13.1. The van der Waals surface area contributed by atoms with Crippen LogP contribution in [0.4, 0.5) is 5.69 Å². The molecule has 0 saturated heterocycles. The Morgan fingerprint density at radius 3 is 3.06 bits per heavy atom. The van der Waals surface area contributed by atoms with E-state index in [1.54, 1.807) is 12.3 Å². The number of carbonyl (C=O) groups is 1. The highest BCUT2D eigenvalue weighted by atomic mass is 16.4. The van der Waals surface area contributed by atoms with Crippen molar-refractivity contribution in [2.24, 2.45) is 0 Å². The Balaban J connectivity index is 2.09. The predicted molar refractivity (Wildman–Crippen MR) is 59.7 cm³/mol. The lowest BCUT2D eigenvalue weighted by atomic mass is 10.2. The van der Waals surface area contributed by atoms with Crippen LogP contribution in [-0.4, -0.2) is 27.1 Å². The Labute approximate surface area is 91.5 Å². The molecule has 2 aromatic rings. The van der Waals surface area contributed by atoms with Gasteiger partial charge in [-0.2, -0.15) is 0 Å². The van der Waals surface area contributed by atoms with Crippen molar-refractivity contribution in [1.29, 1.82) is 0 Å². The molecule has 0 aliphatic heterocycles. The molecule has 0 unspecified atom stereocenters. The molecule has 1 saturated carbocycles. The van der Waals surface area contributed by atoms with Gasteiger partial charge in [-0.1, -0.05) is 0 Å². The van der Waals surface area contributed by atoms with E-state index in [4.69, 9.17) is 5.11 Å². The van der Waals surface area contributed by atoms with Crippen LogP contribution in [0.2, 0.25) is 0 Å². The molecular formula is C11H11N3O2. The maximum absolute atomic E-state index is 10.8. The molecule has 16 heavy (non-hydrogen) atoms. The van der Waals surface area contributed by atoms with E-state index < -0.39 is 5.97 Å². The molecule has 3 rings (SSSR count). The molecular weight excluding hydrogens is 206 g/mol. The fourth-order valence-corrected chi connectivity index (χ4v) is 1.72. The van der Waals surface area contributed by atoms with Gasteiger partial charge in [0.05, 0.1) is 0 Å². The number of carboxylic acids is 1. The van der Waals surface area contributed by atoms with Gasteiger partial charge < -0.3 is 15.4 Å². The molecule has 1 aliphatic carbocycles. The third-order valence-corrected chi connectivity index (χ3v) is 2.70. The summed E-state index contributed by atoms with van der Waals surface area (Å²) in [6, 6.07) is 4.03. The highest BCUT2D eigenvalue weighted by Crippen LogP contribution is 2.29. The number of pyridine rings is 1. The zero-order valence-electron chi connectivity index (χ0n) is 8.53. The van der Waals surface area contributed by atoms with Crippen LogP contribution in [0.1, 0.15) is 23.3 Å². The van der Waals surface area contributed by atoms with Gasteiger partial charge in [0, 0.05) is 23.3 Å². The molecule has 0 atom stereocenters. The number of carboxylic acid groups (broad SMARTS) is 1. The topological polar surface area (TPSA) is 78.0 Å². The van der Waals surface area contributed by atoms with Crippen LogP contribution in [0.15, 0.2) is 18.3 Å². The molecule has 1 fully saturated rings. The highest BCUT2D eigenvalue weighted by molar-refractivity contribution is 5.97. The second-order valence-electron chi connectivity index (χ2n) is 4.03. The van der Waals surface area contributed by atoms with E-state index in [0.29, 0.717) is 11.7 Å². The van der Waals surface area contributed by atoms with E-state index in [9.17, 15) is 4.79 Å². The molecule has 2 heterocycles. The van der Waals surface area contributed by atoms with Crippen LogP contribution in [0.3, 0.4) is 0 Å². The van der Waals surface area contributed by atoms with E-state index in [2.05, 4.69) is 15.3 Å². The minimum absolute atomic E-state index is 0.174. The Bertz CT molecular complexity index is 557. The lowest BCUT2D eigenvalue weighted by molar-refractivity contribution is 0.0691. The number of rotatable bonds is 3. The van der Waals surface area contributed by atoms with Gasteiger partial charge in [0.15, 0.2) is 0 Å². The molecule has 5 heteroatoms. The van der Waals surface area contributed by atoms with Crippen LogP contribution >= 0.6 is 0 Å². The molecule has 1 aliphatic rings. The first-order chi connectivity index (χ1) is 7.74. The van der Waals surface area contributed by atoms with Gasteiger partial charge in [-0.05, 0) is 25.0 Å². The Morgan fingerprint density at radius 2 is 2.38 bits per heavy atom. The third-order valence-electron chi connectivity index (χ3n) is 2.70. The largest absolute Gasteiger partial charge is 0.477 e. The van der Waals surface area contributed by atoms with E-state index in [0.717, 1.165) is 11.1 Å². The van der Waals surface area contributed by atoms with Gasteiger partial charge in [0.1, 0.15) is 11.3 Å². The van der Waals surface area contributed by atoms with Crippen molar-refractivity contribution in [2.75, 3.05) is 5.32 Å². The molecule has 0 aromatic carbocycles. The smallest absolute Gasteiger partial charge is 0.352 e. The van der Waals surface area contributed by atoms with Gasteiger partial charge in [0.25, 0.3) is 0 Å². The number of H-pyrrole nitrogens is 1. The number of nitrogens with one attached hydrogen (secondary N) is 2. The number of fused-ring (bicyclic) bond motifs is 1. The Morgan fingerprint density at radius 1 is 1.56 bits per heavy atom. The monoisotopic (exact) mass is 217 g/mol. The zero-order valence-corrected chi connectivity index (χ0v) is 8.53. The van der Waals surface area contributed by atoms with Crippen molar-refractivity contribution >= 4 is 22.7 Å². The van der Waals surface area contributed by atoms with Crippen molar-refractivity contribution in [1.82, 2.24) is 9.97 Å². The van der Waals surface area contributed by atoms with Crippen LogP contribution < -0.4 is 5.32 Å². The maximum Gasteiger partial charge on any atom is 0.352 e. The summed E-state index contributed by atoms with van der Waals surface area (Å²) in [6.45, 7) is 0. The average molecular weight is 217 g/mol. The minimum atomic E-state index is -0.963. The first-order valence-corrected chi connectivity index (χ1v) is 5.21. The van der Waals surface area contributed by atoms with Crippen LogP contribution in [-0.2, 0) is 0 Å². The van der Waals surface area contributed by atoms with E-state index >= 15 is 0 Å². The highest BCUT2D eigenvalue weighted by Gasteiger charge is 2.22. The van der Waals surface area contributed by atoms with E-state index in [-0.39, 0.29) is 5.69 Å². The van der Waals surface area contributed by atoms with Gasteiger partial charge in [-0.3, -0.25) is 0 Å². The standard InChI is InChI=1S/C11H11N3O2/c15-11(16)9-5-7-8(13-6-1-2-6)3-4-12-10(7)14-9/h3-6H,1-2H2,(H,15,16)(H2,12,13,14). The molecule has 0 radical (unpaired) electrons. The molecule has 3 N–H and O–H groups in total. The minimum Gasteiger partial charge on any atom is -0.477 e. The number of hydrogen-bond acceptors (Lipinski definition) is 3. The SMILES string of the molecule is O=C(O)c1cc2c(NC3CC3)ccnc2[nH]1. The summed E-state index contributed by atoms with van der Waals surface area (Å²) >= 11 is 0. The Hall–Kier alpha value is -2.04. The second-order valence-corrected chi connectivity index (χ2v) is 4.03. The second kappa shape index (κ2) is 3.23. The normalized spacial score (nSPS) is 15.2. The molecule has 5 nitrogen and oxygen atoms in total. The maximum atomic E-state index is 10.8. The molecule has 0 amide bonds. The first-order valence-electron chi connectivity index (χ1n) is 5.21. The van der Waals surface area contributed by atoms with Gasteiger partial charge in [0.2, 0.25) is 0 Å². The fraction of sp³-hybridized carbons (Fsp3) is 0.273. The molecule has 0 spiro atoms. The van der Waals surface area contributed by atoms with Crippen molar-refractivity contribution < 1.29 is 9.90 Å². The summed E-state index contributed by atoms with van der Waals surface area (Å²) < 4.78 is 0. The van der Waals surface area contributed by atoms with Crippen molar-refractivity contribution in [3.8, 4) is 0 Å². The third kappa shape index (κ3) is 1.50. The number of anilines is 1. The van der Waals surface area contributed by atoms with Gasteiger partial charge in [-0.15, -0.1) is 0 Å². The number of aromatic nitrogens is 2. The van der Waals surface area contributed by atoms with Crippen molar-refractivity contribution in [2.45, 2.75) is 18.9 Å². The number of aromatic carboxylic acids is 1. The lowest BCUT2D eigenvalue weighted by Crippen LogP contribution is -2.00. The molecule has 2 aromatic heterocycles. The quantitative estimate of drug-likeness (QED) is 0.733. The van der Waals surface area contributed by atoms with Gasteiger partial charge >= 0.3 is 5.97 Å². The summed E-state index contributed by atoms with van der Waals surface area (Å²) in [6.07, 6.45) is 4.04. The van der Waals surface area contributed by atoms with E-state index in [1.807, 2.05) is 6.07 Å². The number of hydrogen-bond donors (Lipinski definition) is 3. The summed E-state index contributed by atoms with van der Waals surface area (Å²) in [5.41, 5.74) is 1.74. The Kier molecular flexibility index (Phi) is 1.86. The molecule has 82 valence electrons. The van der Waals surface area contributed by atoms with Crippen molar-refractivity contribution in [3.05, 3.63) is 24.0 Å². The number of nitrogens with zero attached hydrogens (tertiary/aromatic N) is 1. The molecule has 0 bridgehead atoms.